The second-order valence-corrected chi connectivity index (χ2v) is 4.03. The number of aryl methyl sites for hydroxylation is 1. The SMILES string of the molecule is Cc1occc1CCN(C)c1nc(N)nc(N)n1. The fourth-order valence-electron chi connectivity index (χ4n) is 1.63. The van der Waals surface area contributed by atoms with Crippen molar-refractivity contribution in [2.24, 2.45) is 0 Å². The summed E-state index contributed by atoms with van der Waals surface area (Å²) in [5.41, 5.74) is 12.2. The Labute approximate surface area is 105 Å². The molecule has 0 unspecified atom stereocenters. The van der Waals surface area contributed by atoms with Crippen molar-refractivity contribution in [2.75, 3.05) is 30.0 Å². The molecule has 0 aromatic carbocycles. The van der Waals surface area contributed by atoms with E-state index >= 15 is 0 Å². The van der Waals surface area contributed by atoms with Gasteiger partial charge in [-0.15, -0.1) is 0 Å². The van der Waals surface area contributed by atoms with Gasteiger partial charge in [-0.05, 0) is 25.0 Å². The summed E-state index contributed by atoms with van der Waals surface area (Å²) in [5.74, 6) is 1.66. The predicted molar refractivity (Wildman–Crippen MR) is 69.1 cm³/mol. The summed E-state index contributed by atoms with van der Waals surface area (Å²) in [4.78, 5) is 13.7. The van der Waals surface area contributed by atoms with Crippen molar-refractivity contribution in [2.45, 2.75) is 13.3 Å². The maximum Gasteiger partial charge on any atom is 0.231 e. The van der Waals surface area contributed by atoms with Crippen LogP contribution < -0.4 is 16.4 Å². The molecule has 0 fully saturated rings. The highest BCUT2D eigenvalue weighted by molar-refractivity contribution is 5.39. The number of rotatable bonds is 4. The van der Waals surface area contributed by atoms with Crippen LogP contribution in [0.5, 0.6) is 0 Å². The Morgan fingerprint density at radius 1 is 1.22 bits per heavy atom. The molecule has 7 nitrogen and oxygen atoms in total. The van der Waals surface area contributed by atoms with Crippen molar-refractivity contribution >= 4 is 17.8 Å². The number of anilines is 3. The molecule has 18 heavy (non-hydrogen) atoms. The van der Waals surface area contributed by atoms with Crippen LogP contribution in [0.2, 0.25) is 0 Å². The average Bonchev–Trinajstić information content (AvgIpc) is 2.70. The lowest BCUT2D eigenvalue weighted by Crippen LogP contribution is -2.24. The van der Waals surface area contributed by atoms with E-state index in [-0.39, 0.29) is 11.9 Å². The smallest absolute Gasteiger partial charge is 0.231 e. The molecular formula is C11H16N6O. The van der Waals surface area contributed by atoms with Crippen molar-refractivity contribution in [1.82, 2.24) is 15.0 Å². The highest BCUT2D eigenvalue weighted by Gasteiger charge is 2.09. The molecule has 0 saturated heterocycles. The molecule has 2 heterocycles. The maximum absolute atomic E-state index is 5.53. The standard InChI is InChI=1S/C11H16N6O/c1-7-8(4-6-18-7)3-5-17(2)11-15-9(12)14-10(13)16-11/h4,6H,3,5H2,1-2H3,(H4,12,13,14,15,16). The highest BCUT2D eigenvalue weighted by atomic mass is 16.3. The minimum absolute atomic E-state index is 0.129. The van der Waals surface area contributed by atoms with Crippen molar-refractivity contribution in [1.29, 1.82) is 0 Å². The van der Waals surface area contributed by atoms with Gasteiger partial charge in [-0.25, -0.2) is 0 Å². The fraction of sp³-hybridized carbons (Fsp3) is 0.364. The second-order valence-electron chi connectivity index (χ2n) is 4.03. The lowest BCUT2D eigenvalue weighted by atomic mass is 10.2. The van der Waals surface area contributed by atoms with E-state index in [0.29, 0.717) is 5.95 Å². The van der Waals surface area contributed by atoms with Gasteiger partial charge in [-0.3, -0.25) is 0 Å². The van der Waals surface area contributed by atoms with Gasteiger partial charge in [0, 0.05) is 13.6 Å². The molecule has 7 heteroatoms. The number of likely N-dealkylation sites (N-methyl/N-ethyl adjacent to an activating group) is 1. The van der Waals surface area contributed by atoms with Gasteiger partial charge < -0.3 is 20.8 Å². The molecule has 96 valence electrons. The van der Waals surface area contributed by atoms with Gasteiger partial charge in [0.2, 0.25) is 17.8 Å². The van der Waals surface area contributed by atoms with E-state index in [9.17, 15) is 0 Å². The lowest BCUT2D eigenvalue weighted by Gasteiger charge is -2.16. The Bertz CT molecular complexity index is 518. The van der Waals surface area contributed by atoms with Gasteiger partial charge in [-0.2, -0.15) is 15.0 Å². The number of nitrogens with two attached hydrogens (primary N) is 2. The zero-order valence-corrected chi connectivity index (χ0v) is 10.4. The number of hydrogen-bond acceptors (Lipinski definition) is 7. The van der Waals surface area contributed by atoms with Gasteiger partial charge >= 0.3 is 0 Å². The highest BCUT2D eigenvalue weighted by Crippen LogP contribution is 2.12. The molecule has 2 aromatic heterocycles. The van der Waals surface area contributed by atoms with E-state index in [1.54, 1.807) is 6.26 Å². The molecule has 0 aliphatic heterocycles. The molecule has 0 amide bonds. The number of aromatic nitrogens is 3. The summed E-state index contributed by atoms with van der Waals surface area (Å²) in [7, 11) is 1.88. The molecule has 0 radical (unpaired) electrons. The van der Waals surface area contributed by atoms with Crippen molar-refractivity contribution in [3.8, 4) is 0 Å². The van der Waals surface area contributed by atoms with E-state index < -0.39 is 0 Å². The summed E-state index contributed by atoms with van der Waals surface area (Å²) < 4.78 is 5.24. The zero-order chi connectivity index (χ0) is 13.1. The van der Waals surface area contributed by atoms with Crippen LogP contribution in [0.15, 0.2) is 16.7 Å². The third kappa shape index (κ3) is 2.68. The van der Waals surface area contributed by atoms with Crippen LogP contribution in [0, 0.1) is 6.92 Å². The summed E-state index contributed by atoms with van der Waals surface area (Å²) in [5, 5.41) is 0. The Kier molecular flexibility index (Phi) is 3.31. The van der Waals surface area contributed by atoms with Gasteiger partial charge in [0.05, 0.1) is 6.26 Å². The van der Waals surface area contributed by atoms with Crippen LogP contribution in [0.25, 0.3) is 0 Å². The number of nitrogen functional groups attached to an aromatic ring is 2. The van der Waals surface area contributed by atoms with E-state index in [1.807, 2.05) is 24.9 Å². The van der Waals surface area contributed by atoms with Crippen LogP contribution >= 0.6 is 0 Å². The van der Waals surface area contributed by atoms with Crippen molar-refractivity contribution in [3.05, 3.63) is 23.7 Å². The molecule has 2 rings (SSSR count). The molecule has 4 N–H and O–H groups in total. The summed E-state index contributed by atoms with van der Waals surface area (Å²) in [6.45, 7) is 2.68. The molecule has 0 spiro atoms. The minimum Gasteiger partial charge on any atom is -0.469 e. The zero-order valence-electron chi connectivity index (χ0n) is 10.4. The Morgan fingerprint density at radius 3 is 2.44 bits per heavy atom. The minimum atomic E-state index is 0.129. The first kappa shape index (κ1) is 12.2. The van der Waals surface area contributed by atoms with Crippen LogP contribution in [-0.2, 0) is 6.42 Å². The number of nitrogens with zero attached hydrogens (tertiary/aromatic N) is 4. The summed E-state index contributed by atoms with van der Waals surface area (Å²) >= 11 is 0. The van der Waals surface area contributed by atoms with E-state index in [2.05, 4.69) is 15.0 Å². The van der Waals surface area contributed by atoms with E-state index in [4.69, 9.17) is 15.9 Å². The maximum atomic E-state index is 5.53. The van der Waals surface area contributed by atoms with E-state index in [1.165, 1.54) is 0 Å². The van der Waals surface area contributed by atoms with Crippen LogP contribution in [0.4, 0.5) is 17.8 Å². The quantitative estimate of drug-likeness (QED) is 0.816. The summed E-state index contributed by atoms with van der Waals surface area (Å²) in [6.07, 6.45) is 2.52. The predicted octanol–water partition coefficient (Wildman–Crippen LogP) is 0.616. The van der Waals surface area contributed by atoms with Gasteiger partial charge in [-0.1, -0.05) is 0 Å². The summed E-state index contributed by atoms with van der Waals surface area (Å²) in [6, 6.07) is 1.96. The largest absolute Gasteiger partial charge is 0.469 e. The van der Waals surface area contributed by atoms with Gasteiger partial charge in [0.25, 0.3) is 0 Å². The number of hydrogen-bond donors (Lipinski definition) is 2. The second kappa shape index (κ2) is 4.91. The average molecular weight is 248 g/mol. The first-order chi connectivity index (χ1) is 8.56. The Hall–Kier alpha value is -2.31. The third-order valence-electron chi connectivity index (χ3n) is 2.68. The first-order valence-electron chi connectivity index (χ1n) is 5.57. The van der Waals surface area contributed by atoms with Gasteiger partial charge in [0.1, 0.15) is 5.76 Å². The Balaban J connectivity index is 2.03. The molecule has 0 bridgehead atoms. The molecule has 0 saturated carbocycles. The normalized spacial score (nSPS) is 10.6. The van der Waals surface area contributed by atoms with E-state index in [0.717, 1.165) is 24.3 Å². The molecule has 2 aromatic rings. The monoisotopic (exact) mass is 248 g/mol. The number of furan rings is 1. The van der Waals surface area contributed by atoms with Crippen molar-refractivity contribution < 1.29 is 4.42 Å². The van der Waals surface area contributed by atoms with Crippen molar-refractivity contribution in [3.63, 3.8) is 0 Å². The van der Waals surface area contributed by atoms with Crippen LogP contribution in [0.3, 0.4) is 0 Å². The Morgan fingerprint density at radius 2 is 1.89 bits per heavy atom. The van der Waals surface area contributed by atoms with Gasteiger partial charge in [0.15, 0.2) is 0 Å². The third-order valence-corrected chi connectivity index (χ3v) is 2.68. The topological polar surface area (TPSA) is 107 Å². The molecule has 0 aliphatic rings. The first-order valence-corrected chi connectivity index (χ1v) is 5.57. The molecular weight excluding hydrogens is 232 g/mol. The van der Waals surface area contributed by atoms with Crippen LogP contribution in [0.1, 0.15) is 11.3 Å². The van der Waals surface area contributed by atoms with Crippen LogP contribution in [-0.4, -0.2) is 28.5 Å². The lowest BCUT2D eigenvalue weighted by molar-refractivity contribution is 0.529. The fourth-order valence-corrected chi connectivity index (χ4v) is 1.63. The molecule has 0 atom stereocenters. The molecule has 0 aliphatic carbocycles.